The second kappa shape index (κ2) is 6.31. The topological polar surface area (TPSA) is 121 Å². The molecule has 0 aliphatic rings. The molecule has 7 nitrogen and oxygen atoms in total. The Labute approximate surface area is 111 Å². The summed E-state index contributed by atoms with van der Waals surface area (Å²) in [5.41, 5.74) is 10.3. The summed E-state index contributed by atoms with van der Waals surface area (Å²) < 4.78 is 5.56. The number of nitrogens with zero attached hydrogens (tertiary/aromatic N) is 1. The molecule has 1 atom stereocenters. The van der Waals surface area contributed by atoms with Crippen LogP contribution >= 0.6 is 15.9 Å². The molecule has 0 aliphatic carbocycles. The number of nitrogens with two attached hydrogens (primary N) is 2. The van der Waals surface area contributed by atoms with Gasteiger partial charge in [0.25, 0.3) is 5.69 Å². The van der Waals surface area contributed by atoms with Crippen LogP contribution in [0.15, 0.2) is 22.7 Å². The minimum absolute atomic E-state index is 0.0910. The lowest BCUT2D eigenvalue weighted by molar-refractivity contribution is -0.385. The molecule has 0 aliphatic heterocycles. The molecule has 0 aromatic heterocycles. The van der Waals surface area contributed by atoms with Crippen LogP contribution in [0.2, 0.25) is 0 Å². The molecule has 0 spiro atoms. The van der Waals surface area contributed by atoms with Crippen LogP contribution in [0, 0.1) is 10.1 Å². The third-order valence-corrected chi connectivity index (χ3v) is 2.99. The minimum Gasteiger partial charge on any atom is -0.492 e. The number of nitro groups is 1. The summed E-state index contributed by atoms with van der Waals surface area (Å²) in [6.45, 7) is 0.143. The second-order valence-corrected chi connectivity index (χ2v) is 4.29. The molecule has 4 N–H and O–H groups in total. The fourth-order valence-electron chi connectivity index (χ4n) is 1.19. The number of benzene rings is 1. The number of nitro benzene ring substituents is 1. The summed E-state index contributed by atoms with van der Waals surface area (Å²) in [6, 6.07) is 3.65. The summed E-state index contributed by atoms with van der Waals surface area (Å²) >= 11 is 3.09. The Balaban J connectivity index is 2.66. The van der Waals surface area contributed by atoms with Crippen LogP contribution in [0.25, 0.3) is 0 Å². The standard InChI is InChI=1S/C10H12BrN3O4/c11-9-7(14(16)17)2-1-3-8(9)18-5-4-6(12)10(13)15/h1-3,6H,4-5,12H2,(H2,13,15). The third kappa shape index (κ3) is 3.67. The van der Waals surface area contributed by atoms with Gasteiger partial charge in [-0.15, -0.1) is 0 Å². The first-order valence-electron chi connectivity index (χ1n) is 5.04. The molecule has 0 saturated heterocycles. The Morgan fingerprint density at radius 1 is 1.56 bits per heavy atom. The van der Waals surface area contributed by atoms with Gasteiger partial charge in [-0.25, -0.2) is 0 Å². The molecule has 0 fully saturated rings. The van der Waals surface area contributed by atoms with Gasteiger partial charge in [-0.05, 0) is 22.0 Å². The molecule has 1 aromatic carbocycles. The average Bonchev–Trinajstić information content (AvgIpc) is 2.30. The molecule has 1 rings (SSSR count). The monoisotopic (exact) mass is 317 g/mol. The van der Waals surface area contributed by atoms with E-state index in [-0.39, 0.29) is 23.2 Å². The smallest absolute Gasteiger partial charge is 0.287 e. The van der Waals surface area contributed by atoms with E-state index in [1.54, 1.807) is 6.07 Å². The molecular weight excluding hydrogens is 306 g/mol. The first-order chi connectivity index (χ1) is 8.43. The van der Waals surface area contributed by atoms with Gasteiger partial charge in [-0.3, -0.25) is 14.9 Å². The number of rotatable bonds is 6. The van der Waals surface area contributed by atoms with Crippen LogP contribution in [0.4, 0.5) is 5.69 Å². The van der Waals surface area contributed by atoms with Crippen molar-refractivity contribution in [2.75, 3.05) is 6.61 Å². The molecule has 0 heterocycles. The quantitative estimate of drug-likeness (QED) is 0.597. The van der Waals surface area contributed by atoms with Gasteiger partial charge in [0.05, 0.1) is 17.6 Å². The largest absolute Gasteiger partial charge is 0.492 e. The molecule has 1 unspecified atom stereocenters. The summed E-state index contributed by atoms with van der Waals surface area (Å²) in [7, 11) is 0. The van der Waals surface area contributed by atoms with Crippen molar-refractivity contribution in [3.8, 4) is 5.75 Å². The number of hydrogen-bond acceptors (Lipinski definition) is 5. The van der Waals surface area contributed by atoms with Crippen molar-refractivity contribution in [3.63, 3.8) is 0 Å². The van der Waals surface area contributed by atoms with Gasteiger partial charge in [0.15, 0.2) is 0 Å². The summed E-state index contributed by atoms with van der Waals surface area (Å²) in [5.74, 6) is -0.294. The highest BCUT2D eigenvalue weighted by Gasteiger charge is 2.16. The van der Waals surface area contributed by atoms with E-state index in [1.165, 1.54) is 12.1 Å². The predicted molar refractivity (Wildman–Crippen MR) is 68.1 cm³/mol. The third-order valence-electron chi connectivity index (χ3n) is 2.19. The first-order valence-corrected chi connectivity index (χ1v) is 5.83. The Morgan fingerprint density at radius 3 is 2.78 bits per heavy atom. The van der Waals surface area contributed by atoms with E-state index in [9.17, 15) is 14.9 Å². The van der Waals surface area contributed by atoms with Gasteiger partial charge in [-0.1, -0.05) is 6.07 Å². The maximum absolute atomic E-state index is 10.7. The zero-order valence-electron chi connectivity index (χ0n) is 9.34. The van der Waals surface area contributed by atoms with E-state index in [0.29, 0.717) is 5.75 Å². The first kappa shape index (κ1) is 14.4. The van der Waals surface area contributed by atoms with Gasteiger partial charge < -0.3 is 16.2 Å². The Hall–Kier alpha value is -1.67. The summed E-state index contributed by atoms with van der Waals surface area (Å²) in [4.78, 5) is 20.9. The zero-order valence-corrected chi connectivity index (χ0v) is 10.9. The maximum atomic E-state index is 10.7. The molecule has 18 heavy (non-hydrogen) atoms. The fraction of sp³-hybridized carbons (Fsp3) is 0.300. The Bertz CT molecular complexity index is 466. The zero-order chi connectivity index (χ0) is 13.7. The predicted octanol–water partition coefficient (Wildman–Crippen LogP) is 0.939. The number of ether oxygens (including phenoxy) is 1. The van der Waals surface area contributed by atoms with Crippen LogP contribution in [0.5, 0.6) is 5.75 Å². The van der Waals surface area contributed by atoms with Crippen LogP contribution in [0.3, 0.4) is 0 Å². The van der Waals surface area contributed by atoms with Crippen molar-refractivity contribution in [2.45, 2.75) is 12.5 Å². The molecule has 98 valence electrons. The molecule has 0 radical (unpaired) electrons. The SMILES string of the molecule is NC(=O)C(N)CCOc1cccc([N+](=O)[O-])c1Br. The number of amides is 1. The molecule has 0 saturated carbocycles. The number of halogens is 1. The highest BCUT2D eigenvalue weighted by Crippen LogP contribution is 2.33. The Kier molecular flexibility index (Phi) is 5.05. The summed E-state index contributed by atoms with van der Waals surface area (Å²) in [6.07, 6.45) is 0.241. The van der Waals surface area contributed by atoms with Gasteiger partial charge in [-0.2, -0.15) is 0 Å². The highest BCUT2D eigenvalue weighted by molar-refractivity contribution is 9.10. The lowest BCUT2D eigenvalue weighted by Crippen LogP contribution is -2.37. The van der Waals surface area contributed by atoms with E-state index in [4.69, 9.17) is 16.2 Å². The lowest BCUT2D eigenvalue weighted by Gasteiger charge is -2.10. The maximum Gasteiger partial charge on any atom is 0.287 e. The van der Waals surface area contributed by atoms with Crippen molar-refractivity contribution >= 4 is 27.5 Å². The van der Waals surface area contributed by atoms with Crippen molar-refractivity contribution in [1.29, 1.82) is 0 Å². The Morgan fingerprint density at radius 2 is 2.22 bits per heavy atom. The van der Waals surface area contributed by atoms with Crippen LogP contribution < -0.4 is 16.2 Å². The molecule has 8 heteroatoms. The second-order valence-electron chi connectivity index (χ2n) is 3.49. The van der Waals surface area contributed by atoms with Gasteiger partial charge in [0, 0.05) is 12.5 Å². The van der Waals surface area contributed by atoms with Gasteiger partial charge in [0.2, 0.25) is 5.91 Å². The van der Waals surface area contributed by atoms with Gasteiger partial charge >= 0.3 is 0 Å². The van der Waals surface area contributed by atoms with Crippen molar-refractivity contribution in [3.05, 3.63) is 32.8 Å². The molecule has 1 amide bonds. The van der Waals surface area contributed by atoms with Crippen molar-refractivity contribution < 1.29 is 14.5 Å². The van der Waals surface area contributed by atoms with E-state index in [1.807, 2.05) is 0 Å². The molecule has 0 bridgehead atoms. The van der Waals surface area contributed by atoms with Crippen LogP contribution in [-0.2, 0) is 4.79 Å². The molecule has 1 aromatic rings. The van der Waals surface area contributed by atoms with Crippen molar-refractivity contribution in [2.24, 2.45) is 11.5 Å². The van der Waals surface area contributed by atoms with Crippen LogP contribution in [-0.4, -0.2) is 23.5 Å². The number of hydrogen-bond donors (Lipinski definition) is 2. The minimum atomic E-state index is -0.789. The van der Waals surface area contributed by atoms with Crippen molar-refractivity contribution in [1.82, 2.24) is 0 Å². The van der Waals surface area contributed by atoms with E-state index in [2.05, 4.69) is 15.9 Å². The van der Waals surface area contributed by atoms with E-state index >= 15 is 0 Å². The average molecular weight is 318 g/mol. The fourth-order valence-corrected chi connectivity index (χ4v) is 1.71. The molecular formula is C10H12BrN3O4. The number of carbonyl (C=O) groups excluding carboxylic acids is 1. The van der Waals surface area contributed by atoms with Gasteiger partial charge in [0.1, 0.15) is 10.2 Å². The van der Waals surface area contributed by atoms with E-state index < -0.39 is 16.9 Å². The summed E-state index contributed by atoms with van der Waals surface area (Å²) in [5, 5.41) is 10.7. The normalized spacial score (nSPS) is 11.9. The van der Waals surface area contributed by atoms with Crippen LogP contribution in [0.1, 0.15) is 6.42 Å². The lowest BCUT2D eigenvalue weighted by atomic mass is 10.2. The highest BCUT2D eigenvalue weighted by atomic mass is 79.9. The number of carbonyl (C=O) groups is 1. The van der Waals surface area contributed by atoms with E-state index in [0.717, 1.165) is 0 Å². The number of primary amides is 1.